The van der Waals surface area contributed by atoms with Gasteiger partial charge in [-0.25, -0.2) is 13.4 Å². The third kappa shape index (κ3) is 6.67. The number of anilines is 1. The van der Waals surface area contributed by atoms with Crippen molar-refractivity contribution >= 4 is 42.4 Å². The summed E-state index contributed by atoms with van der Waals surface area (Å²) in [6.45, 7) is 8.86. The summed E-state index contributed by atoms with van der Waals surface area (Å²) in [5, 5.41) is 0.687. The first-order valence-electron chi connectivity index (χ1n) is 12.1. The number of nitrogens with zero attached hydrogens (tertiary/aromatic N) is 3. The van der Waals surface area contributed by atoms with Crippen molar-refractivity contribution in [3.8, 4) is 0 Å². The van der Waals surface area contributed by atoms with Gasteiger partial charge in [-0.1, -0.05) is 35.6 Å². The predicted molar refractivity (Wildman–Crippen MR) is 141 cm³/mol. The van der Waals surface area contributed by atoms with Crippen molar-refractivity contribution in [2.45, 2.75) is 38.0 Å². The van der Waals surface area contributed by atoms with Gasteiger partial charge in [-0.15, -0.1) is 0 Å². The molecule has 0 saturated carbocycles. The molecular weight excluding hydrogens is 482 g/mol. The van der Waals surface area contributed by atoms with Crippen molar-refractivity contribution in [2.75, 3.05) is 50.0 Å². The molecule has 1 aromatic heterocycles. The first kappa shape index (κ1) is 25.8. The largest absolute Gasteiger partial charge is 0.379 e. The summed E-state index contributed by atoms with van der Waals surface area (Å²) in [5.41, 5.74) is 3.20. The lowest BCUT2D eigenvalue weighted by molar-refractivity contribution is -0.118. The lowest BCUT2D eigenvalue weighted by atomic mass is 10.1. The summed E-state index contributed by atoms with van der Waals surface area (Å²) in [5.74, 6) is -0.133. The van der Waals surface area contributed by atoms with Gasteiger partial charge in [0.15, 0.2) is 15.0 Å². The van der Waals surface area contributed by atoms with Gasteiger partial charge in [0.1, 0.15) is 0 Å². The van der Waals surface area contributed by atoms with Crippen LogP contribution in [0.4, 0.5) is 5.13 Å². The van der Waals surface area contributed by atoms with Crippen LogP contribution in [0.1, 0.15) is 30.4 Å². The molecule has 3 aromatic rings. The lowest BCUT2D eigenvalue weighted by Crippen LogP contribution is -2.39. The molecule has 7 nitrogen and oxygen atoms in total. The Hall–Kier alpha value is -2.33. The summed E-state index contributed by atoms with van der Waals surface area (Å²) in [6, 6.07) is 12.6. The molecule has 4 rings (SSSR count). The third-order valence-corrected chi connectivity index (χ3v) is 9.25. The molecule has 1 fully saturated rings. The third-order valence-electron chi connectivity index (χ3n) is 6.21. The number of carbonyl (C=O) groups excluding carboxylic acids is 1. The van der Waals surface area contributed by atoms with E-state index in [1.165, 1.54) is 11.3 Å². The minimum atomic E-state index is -3.41. The van der Waals surface area contributed by atoms with E-state index in [0.717, 1.165) is 60.6 Å². The molecule has 1 amide bonds. The maximum absolute atomic E-state index is 13.3. The van der Waals surface area contributed by atoms with Gasteiger partial charge in [0.05, 0.1) is 34.1 Å². The van der Waals surface area contributed by atoms with Crippen LogP contribution in [0.25, 0.3) is 10.2 Å². The molecule has 0 aliphatic carbocycles. The van der Waals surface area contributed by atoms with Gasteiger partial charge in [0.25, 0.3) is 0 Å². The summed E-state index contributed by atoms with van der Waals surface area (Å²) in [4.78, 5) is 22.5. The van der Waals surface area contributed by atoms with E-state index in [0.29, 0.717) is 16.6 Å². The van der Waals surface area contributed by atoms with Crippen molar-refractivity contribution in [1.29, 1.82) is 0 Å². The van der Waals surface area contributed by atoms with Crippen LogP contribution >= 0.6 is 11.3 Å². The van der Waals surface area contributed by atoms with Crippen LogP contribution in [0.2, 0.25) is 0 Å². The highest BCUT2D eigenvalue weighted by Crippen LogP contribution is 2.32. The number of benzene rings is 2. The lowest BCUT2D eigenvalue weighted by Gasteiger charge is -2.27. The quantitative estimate of drug-likeness (QED) is 0.402. The smallest absolute Gasteiger partial charge is 0.228 e. The fourth-order valence-corrected chi connectivity index (χ4v) is 6.77. The molecule has 0 atom stereocenters. The van der Waals surface area contributed by atoms with Crippen LogP contribution < -0.4 is 4.90 Å². The van der Waals surface area contributed by atoms with E-state index in [1.807, 2.05) is 13.0 Å². The predicted octanol–water partition coefficient (Wildman–Crippen LogP) is 4.22. The van der Waals surface area contributed by atoms with E-state index in [1.54, 1.807) is 35.2 Å². The molecule has 1 saturated heterocycles. The van der Waals surface area contributed by atoms with E-state index in [-0.39, 0.29) is 24.5 Å². The van der Waals surface area contributed by atoms with Gasteiger partial charge in [-0.2, -0.15) is 0 Å². The number of sulfone groups is 1. The fraction of sp³-hybridized carbons (Fsp3) is 0.462. The zero-order chi connectivity index (χ0) is 24.8. The molecule has 0 radical (unpaired) electrons. The van der Waals surface area contributed by atoms with E-state index >= 15 is 0 Å². The van der Waals surface area contributed by atoms with Crippen LogP contribution in [0.15, 0.2) is 47.4 Å². The Morgan fingerprint density at radius 3 is 2.60 bits per heavy atom. The first-order chi connectivity index (χ1) is 16.8. The fourth-order valence-electron chi connectivity index (χ4n) is 4.38. The normalized spacial score (nSPS) is 14.9. The summed E-state index contributed by atoms with van der Waals surface area (Å²) in [7, 11) is -3.41. The van der Waals surface area contributed by atoms with Crippen molar-refractivity contribution in [1.82, 2.24) is 9.88 Å². The Morgan fingerprint density at radius 2 is 1.86 bits per heavy atom. The number of fused-ring (bicyclic) bond motifs is 1. The first-order valence-corrected chi connectivity index (χ1v) is 14.6. The highest BCUT2D eigenvalue weighted by atomic mass is 32.2. The maximum atomic E-state index is 13.3. The Bertz CT molecular complexity index is 1250. The van der Waals surface area contributed by atoms with Gasteiger partial charge in [-0.05, 0) is 56.0 Å². The molecule has 0 N–H and O–H groups in total. The van der Waals surface area contributed by atoms with Crippen LogP contribution in [-0.2, 0) is 19.4 Å². The summed E-state index contributed by atoms with van der Waals surface area (Å²) in [6.07, 6.45) is 1.26. The van der Waals surface area contributed by atoms with E-state index in [4.69, 9.17) is 9.72 Å². The van der Waals surface area contributed by atoms with Gasteiger partial charge in [-0.3, -0.25) is 14.6 Å². The second-order valence-electron chi connectivity index (χ2n) is 9.01. The standard InChI is InChI=1S/C26H33N3O4S2/c1-20-18-21(2)25-23(19-20)27-26(34-25)29(12-7-11-28-13-15-33-16-14-28)24(30)10-6-17-35(31,32)22-8-4-3-5-9-22/h3-5,8-9,18-19H,6-7,10-17H2,1-2H3. The van der Waals surface area contributed by atoms with Crippen LogP contribution in [-0.4, -0.2) is 69.4 Å². The van der Waals surface area contributed by atoms with Crippen LogP contribution in [0.3, 0.4) is 0 Å². The molecule has 1 aliphatic rings. The Labute approximate surface area is 211 Å². The van der Waals surface area contributed by atoms with Crippen LogP contribution in [0.5, 0.6) is 0 Å². The molecule has 35 heavy (non-hydrogen) atoms. The summed E-state index contributed by atoms with van der Waals surface area (Å²) >= 11 is 1.53. The second kappa shape index (κ2) is 11.6. The molecule has 0 bridgehead atoms. The number of hydrogen-bond donors (Lipinski definition) is 0. The molecule has 0 spiro atoms. The molecule has 188 valence electrons. The number of aryl methyl sites for hydroxylation is 2. The van der Waals surface area contributed by atoms with Crippen molar-refractivity contribution in [2.24, 2.45) is 0 Å². The summed E-state index contributed by atoms with van der Waals surface area (Å²) < 4.78 is 31.8. The highest BCUT2D eigenvalue weighted by molar-refractivity contribution is 7.91. The Kier molecular flexibility index (Phi) is 8.54. The zero-order valence-electron chi connectivity index (χ0n) is 20.4. The highest BCUT2D eigenvalue weighted by Gasteiger charge is 2.22. The van der Waals surface area contributed by atoms with Gasteiger partial charge >= 0.3 is 0 Å². The Morgan fingerprint density at radius 1 is 1.11 bits per heavy atom. The molecular formula is C26H33N3O4S2. The average molecular weight is 516 g/mol. The number of rotatable bonds is 10. The number of aromatic nitrogens is 1. The molecule has 2 aromatic carbocycles. The molecule has 0 unspecified atom stereocenters. The van der Waals surface area contributed by atoms with Gasteiger partial charge in [0, 0.05) is 32.6 Å². The zero-order valence-corrected chi connectivity index (χ0v) is 22.0. The number of thiazole rings is 1. The number of hydrogen-bond acceptors (Lipinski definition) is 7. The van der Waals surface area contributed by atoms with Crippen molar-refractivity contribution in [3.05, 3.63) is 53.6 Å². The van der Waals surface area contributed by atoms with E-state index in [9.17, 15) is 13.2 Å². The Balaban J connectivity index is 1.46. The van der Waals surface area contributed by atoms with Crippen molar-refractivity contribution in [3.63, 3.8) is 0 Å². The maximum Gasteiger partial charge on any atom is 0.228 e. The SMILES string of the molecule is Cc1cc(C)c2sc(N(CCCN3CCOCC3)C(=O)CCCS(=O)(=O)c3ccccc3)nc2c1. The number of amides is 1. The van der Waals surface area contributed by atoms with Gasteiger partial charge in [0.2, 0.25) is 5.91 Å². The molecule has 1 aliphatic heterocycles. The monoisotopic (exact) mass is 515 g/mol. The van der Waals surface area contributed by atoms with E-state index in [2.05, 4.69) is 17.9 Å². The topological polar surface area (TPSA) is 79.8 Å². The molecule has 2 heterocycles. The van der Waals surface area contributed by atoms with Gasteiger partial charge < -0.3 is 4.74 Å². The number of carbonyl (C=O) groups is 1. The van der Waals surface area contributed by atoms with E-state index < -0.39 is 9.84 Å². The number of morpholine rings is 1. The van der Waals surface area contributed by atoms with Crippen LogP contribution in [0, 0.1) is 13.8 Å². The minimum Gasteiger partial charge on any atom is -0.379 e. The van der Waals surface area contributed by atoms with Crippen molar-refractivity contribution < 1.29 is 17.9 Å². The average Bonchev–Trinajstić information content (AvgIpc) is 3.27. The number of ether oxygens (including phenoxy) is 1. The minimum absolute atomic E-state index is 0.0531. The second-order valence-corrected chi connectivity index (χ2v) is 12.1. The molecule has 9 heteroatoms.